The molecule has 2 aromatic carbocycles. The van der Waals surface area contributed by atoms with Gasteiger partial charge in [-0.25, -0.2) is 9.19 Å². The normalized spacial score (nSPS) is 22.1. The SMILES string of the molecule is Cc1nc2cc(-c3ccc(N4CCCS4=O)cc3)cc(OC(C)C3CNC(=O)C3)c2s1. The van der Waals surface area contributed by atoms with Gasteiger partial charge in [0.25, 0.3) is 0 Å². The number of ether oxygens (including phenoxy) is 1. The Kier molecular flexibility index (Phi) is 5.44. The maximum Gasteiger partial charge on any atom is 0.220 e. The van der Waals surface area contributed by atoms with Crippen LogP contribution in [0.15, 0.2) is 36.4 Å². The van der Waals surface area contributed by atoms with Gasteiger partial charge in [-0.15, -0.1) is 11.3 Å². The summed E-state index contributed by atoms with van der Waals surface area (Å²) in [6.45, 7) is 5.53. The first-order valence-corrected chi connectivity index (χ1v) is 12.7. The minimum absolute atomic E-state index is 0.0765. The highest BCUT2D eigenvalue weighted by molar-refractivity contribution is 7.86. The minimum Gasteiger partial charge on any atom is -0.489 e. The number of aromatic nitrogens is 1. The molecule has 1 amide bonds. The Hall–Kier alpha value is -2.45. The number of carbonyl (C=O) groups is 1. The van der Waals surface area contributed by atoms with Gasteiger partial charge in [0.15, 0.2) is 0 Å². The van der Waals surface area contributed by atoms with Crippen LogP contribution in [0.25, 0.3) is 21.3 Å². The molecule has 2 aliphatic heterocycles. The lowest BCUT2D eigenvalue weighted by Crippen LogP contribution is -2.25. The molecule has 0 spiro atoms. The molecule has 0 bridgehead atoms. The van der Waals surface area contributed by atoms with Crippen molar-refractivity contribution in [2.45, 2.75) is 32.8 Å². The molecule has 3 unspecified atom stereocenters. The standard InChI is InChI=1S/C23H25N3O3S2/c1-14(18-12-22(27)24-13-18)29-21-11-17(10-20-23(21)30-15(2)25-20)16-4-6-19(7-5-16)26-8-3-9-31(26)28/h4-7,10-11,14,18H,3,8-9,12-13H2,1-2H3,(H,24,27). The van der Waals surface area contributed by atoms with Gasteiger partial charge >= 0.3 is 0 Å². The molecule has 6 nitrogen and oxygen atoms in total. The molecule has 3 aromatic rings. The third-order valence-corrected chi connectivity index (χ3v) is 8.49. The van der Waals surface area contributed by atoms with E-state index in [1.807, 2.05) is 30.3 Å². The maximum absolute atomic E-state index is 12.1. The van der Waals surface area contributed by atoms with Crippen molar-refractivity contribution in [1.82, 2.24) is 10.3 Å². The fourth-order valence-corrected chi connectivity index (χ4v) is 6.38. The third-order valence-electron chi connectivity index (χ3n) is 5.96. The van der Waals surface area contributed by atoms with Gasteiger partial charge in [-0.05, 0) is 55.7 Å². The molecule has 0 aliphatic carbocycles. The van der Waals surface area contributed by atoms with Crippen LogP contribution in [-0.4, -0.2) is 40.0 Å². The second kappa shape index (κ2) is 8.24. The van der Waals surface area contributed by atoms with Crippen molar-refractivity contribution in [1.29, 1.82) is 0 Å². The Labute approximate surface area is 188 Å². The number of nitrogens with zero attached hydrogens (tertiary/aromatic N) is 2. The highest BCUT2D eigenvalue weighted by Gasteiger charge is 2.28. The van der Waals surface area contributed by atoms with Gasteiger partial charge in [0, 0.05) is 36.9 Å². The first-order chi connectivity index (χ1) is 15.0. The summed E-state index contributed by atoms with van der Waals surface area (Å²) in [6.07, 6.45) is 1.40. The molecular formula is C23H25N3O3S2. The Bertz CT molecular complexity index is 1160. The second-order valence-corrected chi connectivity index (χ2v) is 10.9. The summed E-state index contributed by atoms with van der Waals surface area (Å²) < 4.78 is 21.5. The second-order valence-electron chi connectivity index (χ2n) is 8.17. The van der Waals surface area contributed by atoms with Gasteiger partial charge in [-0.2, -0.15) is 0 Å². The molecule has 8 heteroatoms. The van der Waals surface area contributed by atoms with E-state index < -0.39 is 11.0 Å². The zero-order valence-corrected chi connectivity index (χ0v) is 19.2. The van der Waals surface area contributed by atoms with Gasteiger partial charge in [0.1, 0.15) is 22.8 Å². The molecular weight excluding hydrogens is 430 g/mol. The molecule has 0 saturated carbocycles. The van der Waals surface area contributed by atoms with Crippen molar-refractivity contribution in [3.05, 3.63) is 41.4 Å². The Morgan fingerprint density at radius 1 is 1.26 bits per heavy atom. The topological polar surface area (TPSA) is 71.5 Å². The number of aryl methyl sites for hydroxylation is 1. The van der Waals surface area contributed by atoms with Gasteiger partial charge in [-0.3, -0.25) is 9.10 Å². The summed E-state index contributed by atoms with van der Waals surface area (Å²) in [7, 11) is -0.917. The lowest BCUT2D eigenvalue weighted by Gasteiger charge is -2.20. The number of hydrogen-bond donors (Lipinski definition) is 1. The molecule has 5 rings (SSSR count). The summed E-state index contributed by atoms with van der Waals surface area (Å²) in [4.78, 5) is 16.3. The lowest BCUT2D eigenvalue weighted by molar-refractivity contribution is -0.119. The highest BCUT2D eigenvalue weighted by Crippen LogP contribution is 2.38. The van der Waals surface area contributed by atoms with Crippen molar-refractivity contribution in [3.8, 4) is 16.9 Å². The molecule has 162 valence electrons. The number of carbonyl (C=O) groups excluding carboxylic acids is 1. The summed E-state index contributed by atoms with van der Waals surface area (Å²) in [5, 5.41) is 3.89. The lowest BCUT2D eigenvalue weighted by atomic mass is 10.0. The van der Waals surface area contributed by atoms with Crippen molar-refractivity contribution in [2.24, 2.45) is 5.92 Å². The number of thiazole rings is 1. The number of hydrogen-bond acceptors (Lipinski definition) is 5. The Balaban J connectivity index is 1.46. The highest BCUT2D eigenvalue weighted by atomic mass is 32.2. The number of nitrogens with one attached hydrogen (secondary N) is 1. The average Bonchev–Trinajstić information content (AvgIpc) is 3.47. The van der Waals surface area contributed by atoms with E-state index in [4.69, 9.17) is 9.72 Å². The van der Waals surface area contributed by atoms with Gasteiger partial charge in [0.05, 0.1) is 15.2 Å². The van der Waals surface area contributed by atoms with Gasteiger partial charge < -0.3 is 10.1 Å². The number of amides is 1. The average molecular weight is 456 g/mol. The van der Waals surface area contributed by atoms with Crippen molar-refractivity contribution < 1.29 is 13.7 Å². The van der Waals surface area contributed by atoms with Crippen LogP contribution in [0.3, 0.4) is 0 Å². The fraction of sp³-hybridized carbons (Fsp3) is 0.391. The fourth-order valence-electron chi connectivity index (χ4n) is 4.23. The maximum atomic E-state index is 12.1. The van der Waals surface area contributed by atoms with E-state index in [-0.39, 0.29) is 17.9 Å². The molecule has 2 saturated heterocycles. The smallest absolute Gasteiger partial charge is 0.220 e. The molecule has 3 atom stereocenters. The molecule has 1 N–H and O–H groups in total. The zero-order valence-electron chi connectivity index (χ0n) is 17.6. The van der Waals surface area contributed by atoms with Crippen LogP contribution in [0.5, 0.6) is 5.75 Å². The Morgan fingerprint density at radius 2 is 2.06 bits per heavy atom. The predicted octanol–water partition coefficient (Wildman–Crippen LogP) is 4.05. The molecule has 3 heterocycles. The molecule has 2 fully saturated rings. The number of benzene rings is 2. The van der Waals surface area contributed by atoms with Crippen LogP contribution in [0.1, 0.15) is 24.8 Å². The minimum atomic E-state index is -0.917. The van der Waals surface area contributed by atoms with Crippen LogP contribution in [-0.2, 0) is 15.8 Å². The van der Waals surface area contributed by atoms with Crippen LogP contribution in [0, 0.1) is 12.8 Å². The number of anilines is 1. The summed E-state index contributed by atoms with van der Waals surface area (Å²) in [6, 6.07) is 12.4. The van der Waals surface area contributed by atoms with E-state index in [0.717, 1.165) is 56.5 Å². The van der Waals surface area contributed by atoms with Crippen LogP contribution < -0.4 is 14.4 Å². The van der Waals surface area contributed by atoms with E-state index in [2.05, 4.69) is 29.6 Å². The van der Waals surface area contributed by atoms with E-state index in [0.29, 0.717) is 13.0 Å². The van der Waals surface area contributed by atoms with E-state index in [1.165, 1.54) is 0 Å². The van der Waals surface area contributed by atoms with Crippen LogP contribution >= 0.6 is 11.3 Å². The third kappa shape index (κ3) is 4.06. The van der Waals surface area contributed by atoms with Gasteiger partial charge in [0.2, 0.25) is 5.91 Å². The summed E-state index contributed by atoms with van der Waals surface area (Å²) in [5.41, 5.74) is 4.02. The first-order valence-electron chi connectivity index (χ1n) is 10.6. The molecule has 2 aliphatic rings. The predicted molar refractivity (Wildman–Crippen MR) is 126 cm³/mol. The zero-order chi connectivity index (χ0) is 21.5. The van der Waals surface area contributed by atoms with Crippen LogP contribution in [0.4, 0.5) is 5.69 Å². The van der Waals surface area contributed by atoms with E-state index in [9.17, 15) is 9.00 Å². The monoisotopic (exact) mass is 455 g/mol. The molecule has 31 heavy (non-hydrogen) atoms. The Morgan fingerprint density at radius 3 is 2.74 bits per heavy atom. The molecule has 0 radical (unpaired) electrons. The first kappa shape index (κ1) is 20.5. The van der Waals surface area contributed by atoms with E-state index in [1.54, 1.807) is 11.3 Å². The van der Waals surface area contributed by atoms with Gasteiger partial charge in [-0.1, -0.05) is 12.1 Å². The van der Waals surface area contributed by atoms with E-state index >= 15 is 0 Å². The van der Waals surface area contributed by atoms with Crippen molar-refractivity contribution >= 4 is 44.1 Å². The molecule has 1 aromatic heterocycles. The van der Waals surface area contributed by atoms with Crippen molar-refractivity contribution in [2.75, 3.05) is 23.1 Å². The number of fused-ring (bicyclic) bond motifs is 1. The van der Waals surface area contributed by atoms with Crippen molar-refractivity contribution in [3.63, 3.8) is 0 Å². The number of rotatable bonds is 5. The quantitative estimate of drug-likeness (QED) is 0.630. The summed E-state index contributed by atoms with van der Waals surface area (Å²) in [5.74, 6) is 1.81. The summed E-state index contributed by atoms with van der Waals surface area (Å²) >= 11 is 1.63. The largest absolute Gasteiger partial charge is 0.489 e. The van der Waals surface area contributed by atoms with Crippen LogP contribution in [0.2, 0.25) is 0 Å².